The highest BCUT2D eigenvalue weighted by Gasteiger charge is 2.09. The minimum Gasteiger partial charge on any atom is -0.476 e. The number of carbonyl (C=O) groups is 2. The van der Waals surface area contributed by atoms with E-state index < -0.39 is 11.8 Å². The molecule has 0 amide bonds. The lowest BCUT2D eigenvalue weighted by molar-refractivity contribution is -0.149. The van der Waals surface area contributed by atoms with Crippen molar-refractivity contribution in [1.29, 1.82) is 0 Å². The van der Waals surface area contributed by atoms with Crippen molar-refractivity contribution in [2.24, 2.45) is 4.99 Å². The number of aliphatic carboxylic acids is 1. The minimum absolute atomic E-state index is 0.0412. The molecule has 1 aliphatic carbocycles. The fraction of sp³-hybridized carbons (Fsp3) is 0.300. The van der Waals surface area contributed by atoms with Gasteiger partial charge in [-0.1, -0.05) is 12.2 Å². The summed E-state index contributed by atoms with van der Waals surface area (Å²) in [6.45, 7) is 0.231. The van der Waals surface area contributed by atoms with E-state index in [2.05, 4.69) is 4.99 Å². The second kappa shape index (κ2) is 5.11. The summed E-state index contributed by atoms with van der Waals surface area (Å²) in [5.41, 5.74) is 0.787. The van der Waals surface area contributed by atoms with Gasteiger partial charge in [0.15, 0.2) is 0 Å². The third kappa shape index (κ3) is 3.35. The number of rotatable bonds is 4. The molecule has 0 radical (unpaired) electrons. The Morgan fingerprint density at radius 3 is 2.57 bits per heavy atom. The van der Waals surface area contributed by atoms with Crippen LogP contribution < -0.4 is 0 Å². The molecule has 0 bridgehead atoms. The van der Waals surface area contributed by atoms with Crippen molar-refractivity contribution in [3.8, 4) is 0 Å². The molecule has 0 aliphatic heterocycles. The van der Waals surface area contributed by atoms with Crippen molar-refractivity contribution >= 4 is 17.5 Å². The van der Waals surface area contributed by atoms with Crippen LogP contribution in [0.4, 0.5) is 0 Å². The van der Waals surface area contributed by atoms with Crippen molar-refractivity contribution < 1.29 is 14.7 Å². The van der Waals surface area contributed by atoms with E-state index in [1.54, 1.807) is 0 Å². The van der Waals surface area contributed by atoms with E-state index >= 15 is 0 Å². The van der Waals surface area contributed by atoms with Gasteiger partial charge in [0.25, 0.3) is 0 Å². The zero-order valence-electron chi connectivity index (χ0n) is 7.64. The maximum absolute atomic E-state index is 10.7. The van der Waals surface area contributed by atoms with E-state index in [1.165, 1.54) is 0 Å². The maximum atomic E-state index is 10.7. The lowest BCUT2D eigenvalue weighted by atomic mass is 10.2. The topological polar surface area (TPSA) is 66.7 Å². The Labute approximate surface area is 81.7 Å². The largest absolute Gasteiger partial charge is 0.476 e. The Balaban J connectivity index is 2.36. The molecule has 0 saturated heterocycles. The summed E-state index contributed by atoms with van der Waals surface area (Å²) in [5, 5.41) is 8.29. The second-order valence-electron chi connectivity index (χ2n) is 2.83. The van der Waals surface area contributed by atoms with Crippen LogP contribution in [0.3, 0.4) is 0 Å². The first-order chi connectivity index (χ1) is 6.70. The van der Waals surface area contributed by atoms with Gasteiger partial charge in [-0.05, 0) is 18.6 Å². The summed E-state index contributed by atoms with van der Waals surface area (Å²) >= 11 is 0. The average molecular weight is 193 g/mol. The lowest BCUT2D eigenvalue weighted by Gasteiger charge is -1.98. The zero-order chi connectivity index (χ0) is 10.4. The van der Waals surface area contributed by atoms with Crippen LogP contribution in [0, 0.1) is 0 Å². The fourth-order valence-corrected chi connectivity index (χ4v) is 1.01. The van der Waals surface area contributed by atoms with Crippen LogP contribution in [-0.2, 0) is 9.59 Å². The summed E-state index contributed by atoms with van der Waals surface area (Å²) in [7, 11) is 0. The summed E-state index contributed by atoms with van der Waals surface area (Å²) in [6, 6.07) is 0. The predicted molar refractivity (Wildman–Crippen MR) is 52.5 cm³/mol. The number of carboxylic acids is 1. The van der Waals surface area contributed by atoms with Gasteiger partial charge in [-0.15, -0.1) is 0 Å². The van der Waals surface area contributed by atoms with Gasteiger partial charge in [0, 0.05) is 13.0 Å². The molecule has 74 valence electrons. The van der Waals surface area contributed by atoms with E-state index in [0.29, 0.717) is 0 Å². The van der Waals surface area contributed by atoms with Crippen molar-refractivity contribution in [3.05, 3.63) is 24.3 Å². The summed E-state index contributed by atoms with van der Waals surface area (Å²) < 4.78 is 0. The molecule has 0 aromatic carbocycles. The standard InChI is InChI=1S/C10H11NO3/c12-9(10(13)14)6-7-11-8-4-2-1-3-5-8/h2-5H,1,6-7H2,(H,13,14). The Morgan fingerprint density at radius 2 is 2.00 bits per heavy atom. The molecule has 0 aromatic rings. The smallest absolute Gasteiger partial charge is 0.372 e. The molecule has 0 heterocycles. The molecule has 0 unspecified atom stereocenters. The highest BCUT2D eigenvalue weighted by molar-refractivity contribution is 6.32. The third-order valence-electron chi connectivity index (χ3n) is 1.72. The van der Waals surface area contributed by atoms with E-state index in [-0.39, 0.29) is 13.0 Å². The first-order valence-corrected chi connectivity index (χ1v) is 4.34. The van der Waals surface area contributed by atoms with Crippen molar-refractivity contribution in [3.63, 3.8) is 0 Å². The molecular weight excluding hydrogens is 182 g/mol. The summed E-state index contributed by atoms with van der Waals surface area (Å²) in [5.74, 6) is -2.18. The van der Waals surface area contributed by atoms with Crippen LogP contribution in [0.1, 0.15) is 12.8 Å². The van der Waals surface area contributed by atoms with Gasteiger partial charge in [-0.2, -0.15) is 0 Å². The molecule has 1 N–H and O–H groups in total. The summed E-state index contributed by atoms with van der Waals surface area (Å²) in [6.07, 6.45) is 8.47. The first kappa shape index (κ1) is 10.4. The molecule has 1 rings (SSSR count). The maximum Gasteiger partial charge on any atom is 0.372 e. The van der Waals surface area contributed by atoms with E-state index in [1.807, 2.05) is 24.3 Å². The van der Waals surface area contributed by atoms with Gasteiger partial charge in [0.2, 0.25) is 5.78 Å². The number of carboxylic acid groups (broad SMARTS) is 1. The summed E-state index contributed by atoms with van der Waals surface area (Å²) in [4.78, 5) is 24.9. The quantitative estimate of drug-likeness (QED) is 0.677. The van der Waals surface area contributed by atoms with E-state index in [9.17, 15) is 9.59 Å². The highest BCUT2D eigenvalue weighted by Crippen LogP contribution is 1.98. The number of carbonyl (C=O) groups excluding carboxylic acids is 1. The van der Waals surface area contributed by atoms with Crippen molar-refractivity contribution in [1.82, 2.24) is 0 Å². The molecule has 0 aromatic heterocycles. The SMILES string of the molecule is O=C(O)C(=O)CCN=C1C=CCC=C1. The minimum atomic E-state index is -1.39. The van der Waals surface area contributed by atoms with Crippen LogP contribution in [0.2, 0.25) is 0 Å². The Bertz CT molecular complexity index is 312. The number of aliphatic imine (C=N–C) groups is 1. The average Bonchev–Trinajstić information content (AvgIpc) is 2.19. The first-order valence-electron chi connectivity index (χ1n) is 4.34. The van der Waals surface area contributed by atoms with Crippen LogP contribution in [0.15, 0.2) is 29.3 Å². The molecule has 1 aliphatic rings. The van der Waals surface area contributed by atoms with Crippen LogP contribution in [0.5, 0.6) is 0 Å². The molecule has 14 heavy (non-hydrogen) atoms. The van der Waals surface area contributed by atoms with Crippen molar-refractivity contribution in [2.75, 3.05) is 6.54 Å². The van der Waals surface area contributed by atoms with Gasteiger partial charge < -0.3 is 5.11 Å². The molecule has 0 saturated carbocycles. The highest BCUT2D eigenvalue weighted by atomic mass is 16.4. The number of Topliss-reactive ketones (excluding diaryl/α,β-unsaturated/α-hetero) is 1. The van der Waals surface area contributed by atoms with Crippen LogP contribution >= 0.6 is 0 Å². The third-order valence-corrected chi connectivity index (χ3v) is 1.72. The van der Waals surface area contributed by atoms with Crippen LogP contribution in [-0.4, -0.2) is 29.1 Å². The molecule has 4 nitrogen and oxygen atoms in total. The van der Waals surface area contributed by atoms with Gasteiger partial charge >= 0.3 is 5.97 Å². The van der Waals surface area contributed by atoms with Gasteiger partial charge in [-0.25, -0.2) is 4.79 Å². The number of allylic oxidation sites excluding steroid dienone is 4. The predicted octanol–water partition coefficient (Wildman–Crippen LogP) is 0.987. The van der Waals surface area contributed by atoms with Crippen LogP contribution in [0.25, 0.3) is 0 Å². The monoisotopic (exact) mass is 193 g/mol. The van der Waals surface area contributed by atoms with Crippen molar-refractivity contribution in [2.45, 2.75) is 12.8 Å². The molecule has 0 spiro atoms. The van der Waals surface area contributed by atoms with Gasteiger partial charge in [0.1, 0.15) is 0 Å². The zero-order valence-corrected chi connectivity index (χ0v) is 7.64. The molecular formula is C10H11NO3. The lowest BCUT2D eigenvalue weighted by Crippen LogP contribution is -2.13. The second-order valence-corrected chi connectivity index (χ2v) is 2.83. The number of nitrogens with zero attached hydrogens (tertiary/aromatic N) is 1. The molecule has 4 heteroatoms. The number of hydrogen-bond donors (Lipinski definition) is 1. The Morgan fingerprint density at radius 1 is 1.36 bits per heavy atom. The molecule has 0 atom stereocenters. The fourth-order valence-electron chi connectivity index (χ4n) is 1.01. The number of ketones is 1. The Hall–Kier alpha value is -1.71. The van der Waals surface area contributed by atoms with Gasteiger partial charge in [-0.3, -0.25) is 9.79 Å². The molecule has 0 fully saturated rings. The Kier molecular flexibility index (Phi) is 3.79. The number of hydrogen-bond acceptors (Lipinski definition) is 3. The van der Waals surface area contributed by atoms with E-state index in [4.69, 9.17) is 5.11 Å². The van der Waals surface area contributed by atoms with Gasteiger partial charge in [0.05, 0.1) is 5.71 Å². The normalized spacial score (nSPS) is 14.1. The van der Waals surface area contributed by atoms with E-state index in [0.717, 1.165) is 12.1 Å².